The Kier molecular flexibility index (Phi) is 6.91. The number of rotatable bonds is 9. The molecule has 0 heterocycles. The van der Waals surface area contributed by atoms with E-state index >= 15 is 0 Å². The van der Waals surface area contributed by atoms with E-state index in [0.717, 1.165) is 17.1 Å². The van der Waals surface area contributed by atoms with Crippen LogP contribution in [0.2, 0.25) is 0 Å². The van der Waals surface area contributed by atoms with Crippen molar-refractivity contribution in [3.05, 3.63) is 35.9 Å². The third kappa shape index (κ3) is 4.23. The molecule has 0 aliphatic rings. The standard InChI is InChI=1S/C14H21NO3S/c1-15-14(13(16)17,8-10-19-11-9-18-2)12-6-4-3-5-7-12/h3-7,15H,8-11H2,1-2H3,(H,16,17). The monoisotopic (exact) mass is 283 g/mol. The maximum Gasteiger partial charge on any atom is 0.328 e. The lowest BCUT2D eigenvalue weighted by molar-refractivity contribution is -0.145. The van der Waals surface area contributed by atoms with E-state index < -0.39 is 11.5 Å². The van der Waals surface area contributed by atoms with Crippen LogP contribution in [0.5, 0.6) is 0 Å². The normalized spacial score (nSPS) is 14.0. The maximum absolute atomic E-state index is 11.7. The van der Waals surface area contributed by atoms with Crippen LogP contribution in [0.4, 0.5) is 0 Å². The van der Waals surface area contributed by atoms with Crippen molar-refractivity contribution < 1.29 is 14.6 Å². The quantitative estimate of drug-likeness (QED) is 0.678. The lowest BCUT2D eigenvalue weighted by atomic mass is 9.87. The van der Waals surface area contributed by atoms with Crippen LogP contribution in [0.15, 0.2) is 30.3 Å². The zero-order valence-corrected chi connectivity index (χ0v) is 12.2. The average Bonchev–Trinajstić information content (AvgIpc) is 2.44. The minimum Gasteiger partial charge on any atom is -0.480 e. The topological polar surface area (TPSA) is 58.6 Å². The molecule has 0 saturated heterocycles. The van der Waals surface area contributed by atoms with Gasteiger partial charge in [0.15, 0.2) is 0 Å². The number of aliphatic carboxylic acids is 1. The van der Waals surface area contributed by atoms with E-state index in [4.69, 9.17) is 4.74 Å². The Morgan fingerprint density at radius 2 is 2.05 bits per heavy atom. The van der Waals surface area contributed by atoms with Gasteiger partial charge in [0.1, 0.15) is 5.54 Å². The van der Waals surface area contributed by atoms with Crippen LogP contribution in [0.25, 0.3) is 0 Å². The van der Waals surface area contributed by atoms with Gasteiger partial charge in [-0.05, 0) is 24.8 Å². The van der Waals surface area contributed by atoms with Crippen molar-refractivity contribution in [2.45, 2.75) is 12.0 Å². The van der Waals surface area contributed by atoms with Gasteiger partial charge in [0.05, 0.1) is 6.61 Å². The minimum absolute atomic E-state index is 0.539. The fraction of sp³-hybridized carbons (Fsp3) is 0.500. The van der Waals surface area contributed by atoms with Crippen molar-refractivity contribution in [1.82, 2.24) is 5.32 Å². The van der Waals surface area contributed by atoms with Gasteiger partial charge in [-0.15, -0.1) is 0 Å². The van der Waals surface area contributed by atoms with Gasteiger partial charge in [0.2, 0.25) is 0 Å². The minimum atomic E-state index is -1.01. The van der Waals surface area contributed by atoms with Gasteiger partial charge in [0.25, 0.3) is 0 Å². The van der Waals surface area contributed by atoms with Gasteiger partial charge in [-0.3, -0.25) is 0 Å². The molecule has 0 aliphatic carbocycles. The zero-order chi connectivity index (χ0) is 14.1. The van der Waals surface area contributed by atoms with Crippen molar-refractivity contribution >= 4 is 17.7 Å². The number of methoxy groups -OCH3 is 1. The SMILES string of the molecule is CNC(CCSCCOC)(C(=O)O)c1ccccc1. The second kappa shape index (κ2) is 8.19. The van der Waals surface area contributed by atoms with Crippen molar-refractivity contribution in [3.63, 3.8) is 0 Å². The smallest absolute Gasteiger partial charge is 0.328 e. The Balaban J connectivity index is 2.74. The van der Waals surface area contributed by atoms with Crippen LogP contribution in [0.1, 0.15) is 12.0 Å². The lowest BCUT2D eigenvalue weighted by Gasteiger charge is -2.29. The summed E-state index contributed by atoms with van der Waals surface area (Å²) in [4.78, 5) is 11.7. The van der Waals surface area contributed by atoms with Gasteiger partial charge in [-0.2, -0.15) is 11.8 Å². The molecule has 1 aromatic rings. The van der Waals surface area contributed by atoms with Crippen LogP contribution in [0, 0.1) is 0 Å². The zero-order valence-electron chi connectivity index (χ0n) is 11.4. The molecule has 0 amide bonds. The summed E-state index contributed by atoms with van der Waals surface area (Å²) in [5.74, 6) is 0.810. The number of carbonyl (C=O) groups is 1. The highest BCUT2D eigenvalue weighted by atomic mass is 32.2. The van der Waals surface area contributed by atoms with E-state index in [1.807, 2.05) is 30.3 Å². The van der Waals surface area contributed by atoms with Crippen molar-refractivity contribution in [2.75, 3.05) is 32.3 Å². The maximum atomic E-state index is 11.7. The number of thioether (sulfide) groups is 1. The van der Waals surface area contributed by atoms with Gasteiger partial charge >= 0.3 is 5.97 Å². The molecule has 19 heavy (non-hydrogen) atoms. The van der Waals surface area contributed by atoms with E-state index in [0.29, 0.717) is 13.0 Å². The molecular weight excluding hydrogens is 262 g/mol. The largest absolute Gasteiger partial charge is 0.480 e. The summed E-state index contributed by atoms with van der Waals surface area (Å²) in [6, 6.07) is 9.32. The summed E-state index contributed by atoms with van der Waals surface area (Å²) in [5.41, 5.74) is -0.223. The molecule has 0 spiro atoms. The van der Waals surface area contributed by atoms with Crippen LogP contribution < -0.4 is 5.32 Å². The Bertz CT molecular complexity index is 386. The Morgan fingerprint density at radius 1 is 1.37 bits per heavy atom. The van der Waals surface area contributed by atoms with Crippen molar-refractivity contribution in [2.24, 2.45) is 0 Å². The number of hydrogen-bond acceptors (Lipinski definition) is 4. The predicted octanol–water partition coefficient (Wildman–Crippen LogP) is 1.96. The summed E-state index contributed by atoms with van der Waals surface area (Å²) in [7, 11) is 3.36. The molecule has 0 saturated carbocycles. The molecular formula is C14H21NO3S. The second-order valence-electron chi connectivity index (χ2n) is 4.18. The Hall–Kier alpha value is -1.04. The van der Waals surface area contributed by atoms with E-state index in [-0.39, 0.29) is 0 Å². The summed E-state index contributed by atoms with van der Waals surface area (Å²) in [5, 5.41) is 12.6. The number of nitrogens with one attached hydrogen (secondary N) is 1. The first-order valence-corrected chi connectivity index (χ1v) is 7.37. The van der Waals surface area contributed by atoms with Crippen LogP contribution >= 0.6 is 11.8 Å². The van der Waals surface area contributed by atoms with Crippen LogP contribution in [-0.2, 0) is 15.1 Å². The van der Waals surface area contributed by atoms with Gasteiger partial charge in [0, 0.05) is 12.9 Å². The molecule has 106 valence electrons. The Labute approximate surface area is 118 Å². The molecule has 0 radical (unpaired) electrons. The molecule has 1 atom stereocenters. The third-order valence-electron chi connectivity index (χ3n) is 3.11. The molecule has 1 aromatic carbocycles. The number of likely N-dealkylation sites (N-methyl/N-ethyl adjacent to an activating group) is 1. The first-order chi connectivity index (χ1) is 9.17. The van der Waals surface area contributed by atoms with Crippen molar-refractivity contribution in [3.8, 4) is 0 Å². The van der Waals surface area contributed by atoms with E-state index in [1.54, 1.807) is 25.9 Å². The summed E-state index contributed by atoms with van der Waals surface area (Å²) in [6.07, 6.45) is 0.539. The molecule has 0 fully saturated rings. The highest BCUT2D eigenvalue weighted by Gasteiger charge is 2.38. The summed E-state index contributed by atoms with van der Waals surface area (Å²) in [6.45, 7) is 0.690. The highest BCUT2D eigenvalue weighted by molar-refractivity contribution is 7.99. The molecule has 0 bridgehead atoms. The van der Waals surface area contributed by atoms with E-state index in [1.165, 1.54) is 0 Å². The summed E-state index contributed by atoms with van der Waals surface area (Å²) >= 11 is 1.70. The first-order valence-electron chi connectivity index (χ1n) is 6.22. The van der Waals surface area contributed by atoms with Crippen molar-refractivity contribution in [1.29, 1.82) is 0 Å². The highest BCUT2D eigenvalue weighted by Crippen LogP contribution is 2.27. The number of carboxylic acid groups (broad SMARTS) is 1. The molecule has 4 nitrogen and oxygen atoms in total. The fourth-order valence-electron chi connectivity index (χ4n) is 1.94. The second-order valence-corrected chi connectivity index (χ2v) is 5.41. The number of benzene rings is 1. The molecule has 0 aromatic heterocycles. The molecule has 1 unspecified atom stereocenters. The van der Waals surface area contributed by atoms with Gasteiger partial charge in [-0.25, -0.2) is 4.79 Å². The molecule has 2 N–H and O–H groups in total. The van der Waals surface area contributed by atoms with Gasteiger partial charge in [-0.1, -0.05) is 30.3 Å². The number of carboxylic acids is 1. The molecule has 5 heteroatoms. The molecule has 0 aliphatic heterocycles. The first kappa shape index (κ1) is 16.0. The lowest BCUT2D eigenvalue weighted by Crippen LogP contribution is -2.47. The number of hydrogen-bond donors (Lipinski definition) is 2. The van der Waals surface area contributed by atoms with Crippen LogP contribution in [-0.4, -0.2) is 43.3 Å². The number of ether oxygens (including phenoxy) is 1. The predicted molar refractivity (Wildman–Crippen MR) is 78.6 cm³/mol. The average molecular weight is 283 g/mol. The summed E-state index contributed by atoms with van der Waals surface area (Å²) < 4.78 is 4.98. The van der Waals surface area contributed by atoms with Crippen LogP contribution in [0.3, 0.4) is 0 Å². The fourth-order valence-corrected chi connectivity index (χ4v) is 2.88. The van der Waals surface area contributed by atoms with E-state index in [2.05, 4.69) is 5.32 Å². The third-order valence-corrected chi connectivity index (χ3v) is 4.06. The van der Waals surface area contributed by atoms with E-state index in [9.17, 15) is 9.90 Å². The van der Waals surface area contributed by atoms with Gasteiger partial charge < -0.3 is 15.2 Å². The molecule has 1 rings (SSSR count). The Morgan fingerprint density at radius 3 is 2.58 bits per heavy atom.